The maximum atomic E-state index is 5.52. The molecule has 1 heteroatoms. The van der Waals surface area contributed by atoms with Crippen molar-refractivity contribution in [3.63, 3.8) is 0 Å². The highest BCUT2D eigenvalue weighted by Gasteiger charge is 1.99. The molecule has 0 radical (unpaired) electrons. The molecule has 0 spiro atoms. The summed E-state index contributed by atoms with van der Waals surface area (Å²) in [5.41, 5.74) is 2.44. The Morgan fingerprint density at radius 3 is 2.85 bits per heavy atom. The smallest absolute Gasteiger partial charge is 0.122 e. The summed E-state index contributed by atoms with van der Waals surface area (Å²) in [5.74, 6) is 3.49. The number of ether oxygens (including phenoxy) is 1. The average molecular weight is 174 g/mol. The van der Waals surface area contributed by atoms with E-state index in [0.717, 1.165) is 5.75 Å². The lowest BCUT2D eigenvalue weighted by Crippen LogP contribution is -1.98. The van der Waals surface area contributed by atoms with Crippen LogP contribution >= 0.6 is 0 Å². The van der Waals surface area contributed by atoms with Crippen LogP contribution in [0.1, 0.15) is 17.5 Å². The van der Waals surface area contributed by atoms with Gasteiger partial charge in [-0.2, -0.15) is 0 Å². The molecular weight excluding hydrogens is 160 g/mol. The van der Waals surface area contributed by atoms with Crippen LogP contribution < -0.4 is 4.74 Å². The summed E-state index contributed by atoms with van der Waals surface area (Å²) in [7, 11) is 0. The Hall–Kier alpha value is -1.42. The van der Waals surface area contributed by atoms with Gasteiger partial charge in [0.1, 0.15) is 5.75 Å². The van der Waals surface area contributed by atoms with E-state index in [2.05, 4.69) is 25.8 Å². The second-order valence-electron chi connectivity index (χ2n) is 3.00. The zero-order chi connectivity index (χ0) is 9.68. The van der Waals surface area contributed by atoms with Gasteiger partial charge in [-0.1, -0.05) is 12.1 Å². The third-order valence-corrected chi connectivity index (χ3v) is 2.06. The summed E-state index contributed by atoms with van der Waals surface area (Å²) in [5, 5.41) is 0. The second kappa shape index (κ2) is 4.57. The maximum Gasteiger partial charge on any atom is 0.122 e. The van der Waals surface area contributed by atoms with E-state index in [9.17, 15) is 0 Å². The van der Waals surface area contributed by atoms with Gasteiger partial charge in [0.2, 0.25) is 0 Å². The SMILES string of the molecule is C#CCCOc1cccc(C)c1C. The van der Waals surface area contributed by atoms with Crippen LogP contribution in [-0.2, 0) is 0 Å². The van der Waals surface area contributed by atoms with Crippen LogP contribution in [0.15, 0.2) is 18.2 Å². The van der Waals surface area contributed by atoms with E-state index in [1.54, 1.807) is 0 Å². The first kappa shape index (κ1) is 9.67. The molecule has 1 aromatic rings. The lowest BCUT2D eigenvalue weighted by molar-refractivity contribution is 0.325. The van der Waals surface area contributed by atoms with Crippen LogP contribution in [-0.4, -0.2) is 6.61 Å². The van der Waals surface area contributed by atoms with Gasteiger partial charge in [-0.25, -0.2) is 0 Å². The van der Waals surface area contributed by atoms with Gasteiger partial charge in [-0.15, -0.1) is 12.3 Å². The molecule has 0 amide bonds. The number of aryl methyl sites for hydroxylation is 1. The Kier molecular flexibility index (Phi) is 3.40. The number of benzene rings is 1. The maximum absolute atomic E-state index is 5.52. The largest absolute Gasteiger partial charge is 0.492 e. The minimum absolute atomic E-state index is 0.598. The van der Waals surface area contributed by atoms with Crippen LogP contribution in [0, 0.1) is 26.2 Å². The van der Waals surface area contributed by atoms with Crippen LogP contribution in [0.2, 0.25) is 0 Å². The zero-order valence-electron chi connectivity index (χ0n) is 8.13. The summed E-state index contributed by atoms with van der Waals surface area (Å²) in [6, 6.07) is 6.04. The fraction of sp³-hybridized carbons (Fsp3) is 0.333. The lowest BCUT2D eigenvalue weighted by Gasteiger charge is -2.08. The van der Waals surface area contributed by atoms with E-state index in [-0.39, 0.29) is 0 Å². The Labute approximate surface area is 79.7 Å². The molecule has 13 heavy (non-hydrogen) atoms. The summed E-state index contributed by atoms with van der Waals surface area (Å²) in [6.07, 6.45) is 5.79. The van der Waals surface area contributed by atoms with Gasteiger partial charge < -0.3 is 4.74 Å². The summed E-state index contributed by atoms with van der Waals surface area (Å²) in [6.45, 7) is 4.73. The van der Waals surface area contributed by atoms with Gasteiger partial charge in [-0.3, -0.25) is 0 Å². The first-order valence-corrected chi connectivity index (χ1v) is 4.38. The first-order valence-electron chi connectivity index (χ1n) is 4.38. The topological polar surface area (TPSA) is 9.23 Å². The zero-order valence-corrected chi connectivity index (χ0v) is 8.13. The van der Waals surface area contributed by atoms with Crippen LogP contribution in [0.25, 0.3) is 0 Å². The van der Waals surface area contributed by atoms with Gasteiger partial charge >= 0.3 is 0 Å². The van der Waals surface area contributed by atoms with E-state index in [1.807, 2.05) is 12.1 Å². The van der Waals surface area contributed by atoms with Crippen molar-refractivity contribution < 1.29 is 4.74 Å². The molecule has 0 heterocycles. The van der Waals surface area contributed by atoms with Gasteiger partial charge in [0.05, 0.1) is 6.61 Å². The highest BCUT2D eigenvalue weighted by atomic mass is 16.5. The van der Waals surface area contributed by atoms with E-state index in [4.69, 9.17) is 11.2 Å². The van der Waals surface area contributed by atoms with E-state index in [1.165, 1.54) is 11.1 Å². The van der Waals surface area contributed by atoms with Crippen LogP contribution in [0.4, 0.5) is 0 Å². The molecule has 1 rings (SSSR count). The molecule has 0 unspecified atom stereocenters. The summed E-state index contributed by atoms with van der Waals surface area (Å²) in [4.78, 5) is 0. The molecule has 0 aromatic heterocycles. The van der Waals surface area contributed by atoms with Crippen molar-refractivity contribution in [1.82, 2.24) is 0 Å². The van der Waals surface area contributed by atoms with Gasteiger partial charge in [-0.05, 0) is 31.0 Å². The third kappa shape index (κ3) is 2.52. The monoisotopic (exact) mass is 174 g/mol. The fourth-order valence-corrected chi connectivity index (χ4v) is 1.10. The summed E-state index contributed by atoms with van der Waals surface area (Å²) < 4.78 is 5.52. The highest BCUT2D eigenvalue weighted by Crippen LogP contribution is 2.20. The minimum atomic E-state index is 0.598. The van der Waals surface area contributed by atoms with E-state index < -0.39 is 0 Å². The van der Waals surface area contributed by atoms with Crippen molar-refractivity contribution in [3.05, 3.63) is 29.3 Å². The van der Waals surface area contributed by atoms with Crippen molar-refractivity contribution in [2.45, 2.75) is 20.3 Å². The Balaban J connectivity index is 2.67. The van der Waals surface area contributed by atoms with Crippen molar-refractivity contribution in [2.75, 3.05) is 6.61 Å². The minimum Gasteiger partial charge on any atom is -0.492 e. The molecule has 0 aliphatic rings. The predicted molar refractivity (Wildman–Crippen MR) is 54.9 cm³/mol. The van der Waals surface area contributed by atoms with Crippen molar-refractivity contribution in [1.29, 1.82) is 0 Å². The molecule has 0 N–H and O–H groups in total. The van der Waals surface area contributed by atoms with Gasteiger partial charge in [0.25, 0.3) is 0 Å². The Morgan fingerprint density at radius 2 is 2.15 bits per heavy atom. The Bertz CT molecular complexity index is 320. The highest BCUT2D eigenvalue weighted by molar-refractivity contribution is 5.38. The number of hydrogen-bond donors (Lipinski definition) is 0. The number of terminal acetylenes is 1. The molecule has 0 aliphatic heterocycles. The number of rotatable bonds is 3. The molecule has 0 fully saturated rings. The van der Waals surface area contributed by atoms with Crippen LogP contribution in [0.3, 0.4) is 0 Å². The molecule has 0 bridgehead atoms. The molecule has 0 saturated heterocycles. The van der Waals surface area contributed by atoms with Gasteiger partial charge in [0.15, 0.2) is 0 Å². The van der Waals surface area contributed by atoms with Crippen LogP contribution in [0.5, 0.6) is 5.75 Å². The standard InChI is InChI=1S/C12H14O/c1-4-5-9-13-12-8-6-7-10(2)11(12)3/h1,6-8H,5,9H2,2-3H3. The van der Waals surface area contributed by atoms with E-state index >= 15 is 0 Å². The lowest BCUT2D eigenvalue weighted by atomic mass is 10.1. The van der Waals surface area contributed by atoms with E-state index in [0.29, 0.717) is 13.0 Å². The molecule has 1 nitrogen and oxygen atoms in total. The molecule has 1 aromatic carbocycles. The normalized spacial score (nSPS) is 9.31. The van der Waals surface area contributed by atoms with Gasteiger partial charge in [0, 0.05) is 6.42 Å². The molecule has 0 aliphatic carbocycles. The van der Waals surface area contributed by atoms with Crippen molar-refractivity contribution in [2.24, 2.45) is 0 Å². The third-order valence-electron chi connectivity index (χ3n) is 2.06. The molecule has 68 valence electrons. The average Bonchev–Trinajstić information content (AvgIpc) is 2.13. The first-order chi connectivity index (χ1) is 6.25. The molecular formula is C12H14O. The summed E-state index contributed by atoms with van der Waals surface area (Å²) >= 11 is 0. The quantitative estimate of drug-likeness (QED) is 0.505. The molecule has 0 atom stereocenters. The van der Waals surface area contributed by atoms with Crippen molar-refractivity contribution in [3.8, 4) is 18.1 Å². The number of hydrogen-bond acceptors (Lipinski definition) is 1. The predicted octanol–water partition coefficient (Wildman–Crippen LogP) is 2.71. The van der Waals surface area contributed by atoms with Crippen molar-refractivity contribution >= 4 is 0 Å². The fourth-order valence-electron chi connectivity index (χ4n) is 1.10. The second-order valence-corrected chi connectivity index (χ2v) is 3.00. The Morgan fingerprint density at radius 1 is 1.38 bits per heavy atom. The molecule has 0 saturated carbocycles.